The Labute approximate surface area is 116 Å². The number of hydrogen-bond donors (Lipinski definition) is 1. The predicted molar refractivity (Wildman–Crippen MR) is 77.0 cm³/mol. The van der Waals surface area contributed by atoms with Gasteiger partial charge in [-0.25, -0.2) is 4.79 Å². The second-order valence-corrected chi connectivity index (χ2v) is 4.30. The average Bonchev–Trinajstić information content (AvgIpc) is 2.43. The normalized spacial score (nSPS) is 10.4. The van der Waals surface area contributed by atoms with Crippen molar-refractivity contribution in [1.82, 2.24) is 9.13 Å². The Morgan fingerprint density at radius 1 is 1.25 bits per heavy atom. The first-order valence-electron chi connectivity index (χ1n) is 6.40. The standard InChI is InChI=1S/C14H17N3O3/c1-2-16-7-6-13(18)17(14(16)19)8-9-20-12-5-3-4-11(15)10-12/h3-7,10H,2,8-9,15H2,1H3. The van der Waals surface area contributed by atoms with Crippen LogP contribution in [0, 0.1) is 0 Å². The maximum absolute atomic E-state index is 12.0. The number of nitrogens with two attached hydrogens (primary N) is 1. The van der Waals surface area contributed by atoms with Crippen molar-refractivity contribution in [3.05, 3.63) is 57.4 Å². The Kier molecular flexibility index (Phi) is 4.24. The van der Waals surface area contributed by atoms with E-state index in [1.165, 1.54) is 16.8 Å². The quantitative estimate of drug-likeness (QED) is 0.814. The van der Waals surface area contributed by atoms with Crippen LogP contribution in [0.1, 0.15) is 6.92 Å². The van der Waals surface area contributed by atoms with Crippen molar-refractivity contribution in [3.8, 4) is 5.75 Å². The largest absolute Gasteiger partial charge is 0.492 e. The lowest BCUT2D eigenvalue weighted by Gasteiger charge is -2.09. The van der Waals surface area contributed by atoms with Gasteiger partial charge in [-0.3, -0.25) is 9.36 Å². The summed E-state index contributed by atoms with van der Waals surface area (Å²) in [5.41, 5.74) is 5.60. The fourth-order valence-electron chi connectivity index (χ4n) is 1.86. The Morgan fingerprint density at radius 3 is 2.75 bits per heavy atom. The van der Waals surface area contributed by atoms with E-state index in [1.54, 1.807) is 24.3 Å². The lowest BCUT2D eigenvalue weighted by atomic mass is 10.3. The van der Waals surface area contributed by atoms with Gasteiger partial charge in [0.25, 0.3) is 5.56 Å². The van der Waals surface area contributed by atoms with E-state index in [1.807, 2.05) is 6.92 Å². The van der Waals surface area contributed by atoms with E-state index in [-0.39, 0.29) is 24.4 Å². The van der Waals surface area contributed by atoms with Crippen LogP contribution in [0.2, 0.25) is 0 Å². The topological polar surface area (TPSA) is 79.2 Å². The van der Waals surface area contributed by atoms with Gasteiger partial charge in [0.05, 0.1) is 6.54 Å². The molecule has 2 rings (SSSR count). The summed E-state index contributed by atoms with van der Waals surface area (Å²) in [4.78, 5) is 23.6. The minimum Gasteiger partial charge on any atom is -0.492 e. The first-order chi connectivity index (χ1) is 9.61. The van der Waals surface area contributed by atoms with Gasteiger partial charge in [-0.2, -0.15) is 0 Å². The molecule has 1 aromatic heterocycles. The van der Waals surface area contributed by atoms with Gasteiger partial charge in [-0.05, 0) is 19.1 Å². The van der Waals surface area contributed by atoms with Crippen molar-refractivity contribution in [2.75, 3.05) is 12.3 Å². The Balaban J connectivity index is 2.08. The molecular weight excluding hydrogens is 258 g/mol. The van der Waals surface area contributed by atoms with Crippen LogP contribution < -0.4 is 21.7 Å². The second-order valence-electron chi connectivity index (χ2n) is 4.30. The van der Waals surface area contributed by atoms with E-state index in [9.17, 15) is 9.59 Å². The van der Waals surface area contributed by atoms with Crippen LogP contribution in [0.3, 0.4) is 0 Å². The molecule has 0 saturated heterocycles. The zero-order valence-corrected chi connectivity index (χ0v) is 11.3. The van der Waals surface area contributed by atoms with Crippen molar-refractivity contribution < 1.29 is 4.74 Å². The summed E-state index contributed by atoms with van der Waals surface area (Å²) in [6.07, 6.45) is 1.50. The van der Waals surface area contributed by atoms with E-state index in [0.29, 0.717) is 18.0 Å². The van der Waals surface area contributed by atoms with Crippen molar-refractivity contribution in [2.45, 2.75) is 20.0 Å². The number of aromatic nitrogens is 2. The molecule has 0 radical (unpaired) electrons. The van der Waals surface area contributed by atoms with E-state index < -0.39 is 0 Å². The predicted octanol–water partition coefficient (Wildman–Crippen LogP) is 0.691. The van der Waals surface area contributed by atoms with E-state index in [2.05, 4.69) is 0 Å². The molecule has 0 aliphatic rings. The number of nitrogens with zero attached hydrogens (tertiary/aromatic N) is 2. The van der Waals surface area contributed by atoms with Gasteiger partial charge in [-0.1, -0.05) is 6.07 Å². The first-order valence-corrected chi connectivity index (χ1v) is 6.40. The highest BCUT2D eigenvalue weighted by Gasteiger charge is 2.04. The molecule has 2 N–H and O–H groups in total. The third-order valence-corrected chi connectivity index (χ3v) is 2.92. The summed E-state index contributed by atoms with van der Waals surface area (Å²) >= 11 is 0. The van der Waals surface area contributed by atoms with Crippen molar-refractivity contribution in [2.24, 2.45) is 0 Å². The molecule has 106 valence electrons. The Morgan fingerprint density at radius 2 is 2.05 bits per heavy atom. The van der Waals surface area contributed by atoms with Gasteiger partial charge < -0.3 is 15.0 Å². The zero-order valence-electron chi connectivity index (χ0n) is 11.3. The number of anilines is 1. The molecule has 0 spiro atoms. The van der Waals surface area contributed by atoms with Crippen LogP contribution in [0.4, 0.5) is 5.69 Å². The van der Waals surface area contributed by atoms with Crippen LogP contribution in [0.5, 0.6) is 5.75 Å². The van der Waals surface area contributed by atoms with E-state index >= 15 is 0 Å². The highest BCUT2D eigenvalue weighted by atomic mass is 16.5. The molecule has 2 aromatic rings. The smallest absolute Gasteiger partial charge is 0.331 e. The Hall–Kier alpha value is -2.50. The summed E-state index contributed by atoms with van der Waals surface area (Å²) in [5.74, 6) is 0.616. The number of rotatable bonds is 5. The van der Waals surface area contributed by atoms with Gasteiger partial charge in [0.15, 0.2) is 0 Å². The molecule has 20 heavy (non-hydrogen) atoms. The molecule has 0 aliphatic heterocycles. The summed E-state index contributed by atoms with van der Waals surface area (Å²) in [6.45, 7) is 2.80. The second kappa shape index (κ2) is 6.10. The van der Waals surface area contributed by atoms with E-state index in [0.717, 1.165) is 4.57 Å². The van der Waals surface area contributed by atoms with Crippen molar-refractivity contribution in [1.29, 1.82) is 0 Å². The molecule has 0 saturated carbocycles. The van der Waals surface area contributed by atoms with Crippen molar-refractivity contribution >= 4 is 5.69 Å². The third-order valence-electron chi connectivity index (χ3n) is 2.92. The summed E-state index contributed by atoms with van der Waals surface area (Å²) in [5, 5.41) is 0. The number of ether oxygens (including phenoxy) is 1. The Bertz CT molecular complexity index is 703. The SMILES string of the molecule is CCn1ccc(=O)n(CCOc2cccc(N)c2)c1=O. The van der Waals surface area contributed by atoms with Gasteiger partial charge in [0, 0.05) is 30.6 Å². The summed E-state index contributed by atoms with van der Waals surface area (Å²) in [7, 11) is 0. The van der Waals surface area contributed by atoms with Gasteiger partial charge >= 0.3 is 5.69 Å². The average molecular weight is 275 g/mol. The first kappa shape index (κ1) is 13.9. The minimum absolute atomic E-state index is 0.202. The van der Waals surface area contributed by atoms with Gasteiger partial charge in [-0.15, -0.1) is 0 Å². The van der Waals surface area contributed by atoms with Crippen LogP contribution >= 0.6 is 0 Å². The fraction of sp³-hybridized carbons (Fsp3) is 0.286. The highest BCUT2D eigenvalue weighted by molar-refractivity contribution is 5.43. The third kappa shape index (κ3) is 3.09. The van der Waals surface area contributed by atoms with Crippen LogP contribution in [-0.4, -0.2) is 15.7 Å². The molecule has 0 amide bonds. The molecule has 6 nitrogen and oxygen atoms in total. The molecule has 0 bridgehead atoms. The number of aryl methyl sites for hydroxylation is 1. The van der Waals surface area contributed by atoms with Crippen LogP contribution in [-0.2, 0) is 13.1 Å². The lowest BCUT2D eigenvalue weighted by molar-refractivity contribution is 0.292. The molecule has 1 heterocycles. The van der Waals surface area contributed by atoms with Crippen LogP contribution in [0.25, 0.3) is 0 Å². The molecule has 6 heteroatoms. The van der Waals surface area contributed by atoms with Gasteiger partial charge in [0.1, 0.15) is 12.4 Å². The molecule has 0 fully saturated rings. The fourth-order valence-corrected chi connectivity index (χ4v) is 1.86. The summed E-state index contributed by atoms with van der Waals surface area (Å²) in [6, 6.07) is 8.38. The minimum atomic E-state index is -0.323. The summed E-state index contributed by atoms with van der Waals surface area (Å²) < 4.78 is 8.12. The molecule has 0 unspecified atom stereocenters. The zero-order chi connectivity index (χ0) is 14.5. The number of nitrogen functional groups attached to an aromatic ring is 1. The van der Waals surface area contributed by atoms with Crippen LogP contribution in [0.15, 0.2) is 46.1 Å². The molecular formula is C14H17N3O3. The molecule has 0 aliphatic carbocycles. The maximum Gasteiger partial charge on any atom is 0.331 e. The maximum atomic E-state index is 12.0. The molecule has 1 aromatic carbocycles. The van der Waals surface area contributed by atoms with Crippen molar-refractivity contribution in [3.63, 3.8) is 0 Å². The monoisotopic (exact) mass is 275 g/mol. The van der Waals surface area contributed by atoms with E-state index in [4.69, 9.17) is 10.5 Å². The number of hydrogen-bond acceptors (Lipinski definition) is 4. The lowest BCUT2D eigenvalue weighted by Crippen LogP contribution is -2.39. The number of benzene rings is 1. The highest BCUT2D eigenvalue weighted by Crippen LogP contribution is 2.13. The molecule has 0 atom stereocenters. The van der Waals surface area contributed by atoms with Gasteiger partial charge in [0.2, 0.25) is 0 Å².